The number of ether oxygens (including phenoxy) is 1. The number of urea groups is 1. The quantitative estimate of drug-likeness (QED) is 0.0948. The molecule has 1 fully saturated rings. The Bertz CT molecular complexity index is 2030. The highest BCUT2D eigenvalue weighted by molar-refractivity contribution is 5.88. The Morgan fingerprint density at radius 2 is 1.62 bits per heavy atom. The van der Waals surface area contributed by atoms with Crippen LogP contribution in [0.25, 0.3) is 11.3 Å². The van der Waals surface area contributed by atoms with Crippen molar-refractivity contribution < 1.29 is 29.0 Å². The minimum atomic E-state index is -1.21. The summed E-state index contributed by atoms with van der Waals surface area (Å²) in [5.74, 6) is -1.07. The largest absolute Gasteiger partial charge is 0.453 e. The van der Waals surface area contributed by atoms with Crippen LogP contribution in [0.5, 0.6) is 0 Å². The number of alkyl carbamates (subject to hydrolysis) is 1. The number of amides is 5. The lowest BCUT2D eigenvalue weighted by atomic mass is 9.86. The van der Waals surface area contributed by atoms with E-state index in [1.807, 2.05) is 133 Å². The molecule has 320 valence electrons. The van der Waals surface area contributed by atoms with Gasteiger partial charge in [-0.05, 0) is 60.1 Å². The first-order chi connectivity index (χ1) is 28.7. The molecular weight excluding hydrogens is 761 g/mol. The Morgan fingerprint density at radius 1 is 0.900 bits per heavy atom. The zero-order valence-corrected chi connectivity index (χ0v) is 35.8. The summed E-state index contributed by atoms with van der Waals surface area (Å²) in [6.45, 7) is 12.5. The molecule has 2 aromatic carbocycles. The zero-order valence-electron chi connectivity index (χ0n) is 35.8. The molecule has 5 unspecified atom stereocenters. The van der Waals surface area contributed by atoms with Gasteiger partial charge in [0.25, 0.3) is 5.91 Å². The summed E-state index contributed by atoms with van der Waals surface area (Å²) < 4.78 is 4.83. The van der Waals surface area contributed by atoms with Crippen LogP contribution in [0.1, 0.15) is 63.6 Å². The number of hydrogen-bond donors (Lipinski definition) is 4. The lowest BCUT2D eigenvalue weighted by Crippen LogP contribution is -2.60. The summed E-state index contributed by atoms with van der Waals surface area (Å²) in [6.07, 6.45) is 0.679. The molecule has 2 aromatic heterocycles. The van der Waals surface area contributed by atoms with Crippen LogP contribution in [0.2, 0.25) is 0 Å². The Morgan fingerprint density at radius 3 is 2.25 bits per heavy atom. The second-order valence-electron chi connectivity index (χ2n) is 16.6. The second kappa shape index (κ2) is 20.9. The van der Waals surface area contributed by atoms with Crippen LogP contribution in [0, 0.1) is 18.3 Å². The van der Waals surface area contributed by atoms with Gasteiger partial charge in [-0.1, -0.05) is 108 Å². The summed E-state index contributed by atoms with van der Waals surface area (Å²) in [6, 6.07) is 25.8. The number of rotatable bonds is 18. The molecule has 0 aliphatic carbocycles. The first kappa shape index (κ1) is 45.2. The maximum Gasteiger partial charge on any atom is 0.407 e. The molecule has 1 saturated heterocycles. The number of carbonyl (C=O) groups excluding carboxylic acids is 4. The Kier molecular flexibility index (Phi) is 15.8. The molecule has 60 heavy (non-hydrogen) atoms. The van der Waals surface area contributed by atoms with Crippen LogP contribution in [-0.2, 0) is 33.8 Å². The van der Waals surface area contributed by atoms with Crippen LogP contribution in [0.15, 0.2) is 97.2 Å². The summed E-state index contributed by atoms with van der Waals surface area (Å²) in [7, 11) is 1.23. The molecule has 0 bridgehead atoms. The van der Waals surface area contributed by atoms with E-state index in [1.54, 1.807) is 21.0 Å². The number of aryl methyl sites for hydroxylation is 1. The topological polar surface area (TPSA) is 169 Å². The molecule has 1 aliphatic rings. The maximum absolute atomic E-state index is 14.5. The SMILES string of the molecule is CCC(C)C(C(=O)NC(Cc1ccccc1)C(O)CN(Cc1ccc(-c2ccccn2)cc1)NC(=O)C(NC(=O)OC)C(C)(C)C)N1CCN(Cc2cccc(C)n2)C1=O. The number of hydrogen-bond acceptors (Lipinski definition) is 9. The number of pyridine rings is 2. The minimum absolute atomic E-state index is 0.103. The summed E-state index contributed by atoms with van der Waals surface area (Å²) in [5, 5.41) is 19.6. The van der Waals surface area contributed by atoms with E-state index in [4.69, 9.17) is 4.74 Å². The van der Waals surface area contributed by atoms with E-state index >= 15 is 0 Å². The van der Waals surface area contributed by atoms with Gasteiger partial charge in [-0.15, -0.1) is 0 Å². The van der Waals surface area contributed by atoms with Crippen LogP contribution < -0.4 is 16.1 Å². The average molecular weight is 821 g/mol. The van der Waals surface area contributed by atoms with E-state index in [0.29, 0.717) is 26.1 Å². The molecule has 4 aromatic rings. The fourth-order valence-electron chi connectivity index (χ4n) is 7.35. The van der Waals surface area contributed by atoms with Gasteiger partial charge in [-0.25, -0.2) is 14.6 Å². The third kappa shape index (κ3) is 12.3. The van der Waals surface area contributed by atoms with Crippen LogP contribution in [0.4, 0.5) is 9.59 Å². The van der Waals surface area contributed by atoms with E-state index in [-0.39, 0.29) is 37.4 Å². The molecule has 4 N–H and O–H groups in total. The highest BCUT2D eigenvalue weighted by atomic mass is 16.5. The Balaban J connectivity index is 1.41. The molecule has 0 saturated carbocycles. The van der Waals surface area contributed by atoms with Crippen molar-refractivity contribution >= 4 is 23.9 Å². The molecular formula is C46H60N8O6. The average Bonchev–Trinajstić information content (AvgIpc) is 3.57. The predicted molar refractivity (Wildman–Crippen MR) is 230 cm³/mol. The van der Waals surface area contributed by atoms with Gasteiger partial charge in [-0.2, -0.15) is 0 Å². The normalized spacial score (nSPS) is 15.5. The molecule has 14 nitrogen and oxygen atoms in total. The van der Waals surface area contributed by atoms with E-state index in [9.17, 15) is 24.3 Å². The van der Waals surface area contributed by atoms with Crippen LogP contribution in [0.3, 0.4) is 0 Å². The fourth-order valence-corrected chi connectivity index (χ4v) is 7.35. The molecule has 0 spiro atoms. The minimum Gasteiger partial charge on any atom is -0.453 e. The van der Waals surface area contributed by atoms with Gasteiger partial charge in [-0.3, -0.25) is 25.0 Å². The lowest BCUT2D eigenvalue weighted by Gasteiger charge is -2.36. The van der Waals surface area contributed by atoms with E-state index in [2.05, 4.69) is 26.0 Å². The van der Waals surface area contributed by atoms with Gasteiger partial charge in [0.05, 0.1) is 37.2 Å². The molecule has 0 radical (unpaired) electrons. The van der Waals surface area contributed by atoms with Gasteiger partial charge in [0.1, 0.15) is 12.1 Å². The molecule has 3 heterocycles. The smallest absolute Gasteiger partial charge is 0.407 e. The van der Waals surface area contributed by atoms with E-state index < -0.39 is 41.6 Å². The number of hydrazine groups is 1. The fraction of sp³-hybridized carbons (Fsp3) is 0.435. The number of aromatic nitrogens is 2. The summed E-state index contributed by atoms with van der Waals surface area (Å²) in [5.41, 5.74) is 7.32. The van der Waals surface area contributed by atoms with Crippen LogP contribution in [-0.4, -0.2) is 105 Å². The first-order valence-corrected chi connectivity index (χ1v) is 20.6. The maximum atomic E-state index is 14.5. The third-order valence-corrected chi connectivity index (χ3v) is 10.8. The van der Waals surface area contributed by atoms with E-state index in [0.717, 1.165) is 33.8 Å². The van der Waals surface area contributed by atoms with Crippen LogP contribution >= 0.6 is 0 Å². The number of carbonyl (C=O) groups is 4. The summed E-state index contributed by atoms with van der Waals surface area (Å²) >= 11 is 0. The number of nitrogens with zero attached hydrogens (tertiary/aromatic N) is 5. The Hall–Kier alpha value is -5.86. The second-order valence-corrected chi connectivity index (χ2v) is 16.6. The van der Waals surface area contributed by atoms with Gasteiger partial charge in [0.15, 0.2) is 0 Å². The van der Waals surface area contributed by atoms with Crippen molar-refractivity contribution in [2.45, 2.75) is 91.7 Å². The molecule has 14 heteroatoms. The predicted octanol–water partition coefficient (Wildman–Crippen LogP) is 5.50. The van der Waals surface area contributed by atoms with Crippen molar-refractivity contribution in [2.24, 2.45) is 11.3 Å². The van der Waals surface area contributed by atoms with Crippen molar-refractivity contribution in [1.29, 1.82) is 0 Å². The van der Waals surface area contributed by atoms with Gasteiger partial charge in [0, 0.05) is 43.6 Å². The highest BCUT2D eigenvalue weighted by Gasteiger charge is 2.41. The highest BCUT2D eigenvalue weighted by Crippen LogP contribution is 2.24. The lowest BCUT2D eigenvalue weighted by molar-refractivity contribution is -0.132. The third-order valence-electron chi connectivity index (χ3n) is 10.8. The molecule has 5 amide bonds. The van der Waals surface area contributed by atoms with Gasteiger partial charge < -0.3 is 30.3 Å². The molecule has 1 aliphatic heterocycles. The Labute approximate surface area is 353 Å². The number of methoxy groups -OCH3 is 1. The molecule has 5 atom stereocenters. The zero-order chi connectivity index (χ0) is 43.4. The van der Waals surface area contributed by atoms with Crippen molar-refractivity contribution in [3.63, 3.8) is 0 Å². The number of aliphatic hydroxyl groups is 1. The van der Waals surface area contributed by atoms with Crippen molar-refractivity contribution in [2.75, 3.05) is 26.7 Å². The number of aliphatic hydroxyl groups excluding tert-OH is 1. The van der Waals surface area contributed by atoms with E-state index in [1.165, 1.54) is 7.11 Å². The molecule has 5 rings (SSSR count). The van der Waals surface area contributed by atoms with Crippen molar-refractivity contribution in [3.8, 4) is 11.3 Å². The van der Waals surface area contributed by atoms with Gasteiger partial charge in [0.2, 0.25) is 5.91 Å². The monoisotopic (exact) mass is 820 g/mol. The summed E-state index contributed by atoms with van der Waals surface area (Å²) in [4.78, 5) is 67.2. The van der Waals surface area contributed by atoms with Crippen molar-refractivity contribution in [1.82, 2.24) is 40.8 Å². The number of benzene rings is 2. The number of nitrogens with one attached hydrogen (secondary N) is 3. The van der Waals surface area contributed by atoms with Gasteiger partial charge >= 0.3 is 12.1 Å². The first-order valence-electron chi connectivity index (χ1n) is 20.6. The van der Waals surface area contributed by atoms with Crippen molar-refractivity contribution in [3.05, 3.63) is 120 Å². The standard InChI is InChI=1S/C46H60N8O6/c1-8-31(2)40(54-26-25-52(45(54)59)29-36-18-14-15-32(3)48-36)42(56)49-38(27-33-16-10-9-11-17-33)39(55)30-53(51-43(57)41(46(4,5)6)50-44(58)60-7)28-34-20-22-35(23-21-34)37-19-12-13-24-47-37/h9-24,31,38-41,55H,8,25-30H2,1-7H3,(H,49,56)(H,50,58)(H,51,57).